The SMILES string of the molecule is [C-]#[N+]c1ccc2c(c1)C(C(C)(C)C)CCO2. The third kappa shape index (κ3) is 1.90. The summed E-state index contributed by atoms with van der Waals surface area (Å²) < 4.78 is 5.65. The van der Waals surface area contributed by atoms with E-state index in [-0.39, 0.29) is 5.41 Å². The van der Waals surface area contributed by atoms with Gasteiger partial charge in [0.15, 0.2) is 5.69 Å². The fourth-order valence-corrected chi connectivity index (χ4v) is 2.35. The smallest absolute Gasteiger partial charge is 0.187 e. The van der Waals surface area contributed by atoms with Crippen molar-refractivity contribution in [2.45, 2.75) is 33.1 Å². The zero-order valence-electron chi connectivity index (χ0n) is 10.1. The Morgan fingerprint density at radius 3 is 2.75 bits per heavy atom. The van der Waals surface area contributed by atoms with E-state index in [0.717, 1.165) is 18.8 Å². The molecule has 0 fully saturated rings. The third-order valence-corrected chi connectivity index (χ3v) is 3.21. The first-order valence-corrected chi connectivity index (χ1v) is 5.66. The highest BCUT2D eigenvalue weighted by molar-refractivity contribution is 5.54. The average Bonchev–Trinajstić information content (AvgIpc) is 2.26. The zero-order valence-corrected chi connectivity index (χ0v) is 10.1. The highest BCUT2D eigenvalue weighted by Gasteiger charge is 2.31. The van der Waals surface area contributed by atoms with Crippen molar-refractivity contribution in [3.63, 3.8) is 0 Å². The molecule has 2 heteroatoms. The predicted octanol–water partition coefficient (Wildman–Crippen LogP) is 4.15. The second kappa shape index (κ2) is 3.83. The minimum atomic E-state index is 0.221. The molecule has 1 aliphatic rings. The van der Waals surface area contributed by atoms with Crippen molar-refractivity contribution >= 4 is 5.69 Å². The van der Waals surface area contributed by atoms with Crippen molar-refractivity contribution in [2.24, 2.45) is 5.41 Å². The molecular weight excluding hydrogens is 198 g/mol. The van der Waals surface area contributed by atoms with Gasteiger partial charge in [-0.05, 0) is 35.4 Å². The first-order valence-electron chi connectivity index (χ1n) is 5.66. The summed E-state index contributed by atoms with van der Waals surface area (Å²) in [5, 5.41) is 0. The van der Waals surface area contributed by atoms with Crippen LogP contribution in [0, 0.1) is 12.0 Å². The Labute approximate surface area is 97.1 Å². The maximum atomic E-state index is 7.07. The average molecular weight is 215 g/mol. The molecule has 0 bridgehead atoms. The minimum Gasteiger partial charge on any atom is -0.493 e. The molecule has 0 aromatic heterocycles. The number of rotatable bonds is 0. The van der Waals surface area contributed by atoms with Gasteiger partial charge in [-0.3, -0.25) is 0 Å². The van der Waals surface area contributed by atoms with Crippen molar-refractivity contribution in [3.05, 3.63) is 35.2 Å². The second-order valence-corrected chi connectivity index (χ2v) is 5.39. The van der Waals surface area contributed by atoms with Crippen LogP contribution < -0.4 is 4.74 Å². The number of benzene rings is 1. The number of fused-ring (bicyclic) bond motifs is 1. The van der Waals surface area contributed by atoms with Gasteiger partial charge in [-0.2, -0.15) is 0 Å². The van der Waals surface area contributed by atoms with E-state index in [2.05, 4.69) is 25.6 Å². The standard InChI is InChI=1S/C14H17NO/c1-14(2,3)12-7-8-16-13-6-5-10(15-4)9-11(12)13/h5-6,9,12H,7-8H2,1-3H3. The summed E-state index contributed by atoms with van der Waals surface area (Å²) >= 11 is 0. The molecule has 1 atom stereocenters. The van der Waals surface area contributed by atoms with Gasteiger partial charge in [0.05, 0.1) is 13.2 Å². The van der Waals surface area contributed by atoms with Crippen molar-refractivity contribution in [2.75, 3.05) is 6.61 Å². The summed E-state index contributed by atoms with van der Waals surface area (Å²) in [5.41, 5.74) is 2.13. The van der Waals surface area contributed by atoms with Crippen LogP contribution in [0.2, 0.25) is 0 Å². The van der Waals surface area contributed by atoms with Crippen LogP contribution in [0.25, 0.3) is 4.85 Å². The van der Waals surface area contributed by atoms with E-state index in [1.54, 1.807) is 0 Å². The summed E-state index contributed by atoms with van der Waals surface area (Å²) in [6, 6.07) is 5.74. The molecular formula is C14H17NO. The molecule has 0 spiro atoms. The molecule has 1 aromatic carbocycles. The quantitative estimate of drug-likeness (QED) is 0.593. The number of hydrogen-bond acceptors (Lipinski definition) is 1. The van der Waals surface area contributed by atoms with Crippen LogP contribution in [0.15, 0.2) is 18.2 Å². The predicted molar refractivity (Wildman–Crippen MR) is 65.0 cm³/mol. The van der Waals surface area contributed by atoms with Gasteiger partial charge in [0, 0.05) is 0 Å². The molecule has 84 valence electrons. The first kappa shape index (κ1) is 11.0. The summed E-state index contributed by atoms with van der Waals surface area (Å²) in [6.07, 6.45) is 1.04. The van der Waals surface area contributed by atoms with E-state index in [0.29, 0.717) is 11.6 Å². The van der Waals surface area contributed by atoms with Gasteiger partial charge < -0.3 is 4.74 Å². The summed E-state index contributed by atoms with van der Waals surface area (Å²) in [4.78, 5) is 3.49. The number of ether oxygens (including phenoxy) is 1. The summed E-state index contributed by atoms with van der Waals surface area (Å²) in [6.45, 7) is 14.6. The Hall–Kier alpha value is -1.49. The van der Waals surface area contributed by atoms with Crippen LogP contribution in [0.4, 0.5) is 5.69 Å². The van der Waals surface area contributed by atoms with Crippen molar-refractivity contribution in [3.8, 4) is 5.75 Å². The molecule has 1 heterocycles. The number of hydrogen-bond donors (Lipinski definition) is 0. The van der Waals surface area contributed by atoms with E-state index in [9.17, 15) is 0 Å². The topological polar surface area (TPSA) is 13.6 Å². The lowest BCUT2D eigenvalue weighted by molar-refractivity contribution is 0.204. The van der Waals surface area contributed by atoms with Gasteiger partial charge in [-0.15, -0.1) is 0 Å². The molecule has 1 aliphatic heterocycles. The van der Waals surface area contributed by atoms with E-state index in [4.69, 9.17) is 11.3 Å². The molecule has 0 radical (unpaired) electrons. The Morgan fingerprint density at radius 2 is 2.12 bits per heavy atom. The van der Waals surface area contributed by atoms with E-state index in [1.165, 1.54) is 5.56 Å². The third-order valence-electron chi connectivity index (χ3n) is 3.21. The minimum absolute atomic E-state index is 0.221. The lowest BCUT2D eigenvalue weighted by Crippen LogP contribution is -2.25. The van der Waals surface area contributed by atoms with Crippen LogP contribution in [0.5, 0.6) is 5.75 Å². The second-order valence-electron chi connectivity index (χ2n) is 5.39. The Balaban J connectivity index is 2.48. The molecule has 16 heavy (non-hydrogen) atoms. The molecule has 0 saturated heterocycles. The Kier molecular flexibility index (Phi) is 2.63. The maximum Gasteiger partial charge on any atom is 0.187 e. The van der Waals surface area contributed by atoms with E-state index < -0.39 is 0 Å². The lowest BCUT2D eigenvalue weighted by Gasteiger charge is -2.35. The molecule has 0 saturated carbocycles. The molecule has 0 amide bonds. The maximum absolute atomic E-state index is 7.07. The van der Waals surface area contributed by atoms with Crippen LogP contribution in [-0.2, 0) is 0 Å². The zero-order chi connectivity index (χ0) is 11.8. The van der Waals surface area contributed by atoms with Gasteiger partial charge in [0.2, 0.25) is 0 Å². The van der Waals surface area contributed by atoms with Crippen molar-refractivity contribution in [1.29, 1.82) is 0 Å². The molecule has 2 rings (SSSR count). The largest absolute Gasteiger partial charge is 0.493 e. The van der Waals surface area contributed by atoms with Gasteiger partial charge in [-0.25, -0.2) is 4.85 Å². The van der Waals surface area contributed by atoms with Crippen molar-refractivity contribution < 1.29 is 4.74 Å². The fourth-order valence-electron chi connectivity index (χ4n) is 2.35. The van der Waals surface area contributed by atoms with Gasteiger partial charge in [-0.1, -0.05) is 26.8 Å². The molecule has 0 aliphatic carbocycles. The van der Waals surface area contributed by atoms with Gasteiger partial charge >= 0.3 is 0 Å². The molecule has 0 N–H and O–H groups in total. The molecule has 1 unspecified atom stereocenters. The van der Waals surface area contributed by atoms with Crippen LogP contribution >= 0.6 is 0 Å². The van der Waals surface area contributed by atoms with Gasteiger partial charge in [0.1, 0.15) is 5.75 Å². The van der Waals surface area contributed by atoms with E-state index >= 15 is 0 Å². The Bertz CT molecular complexity index is 437. The normalized spacial score (nSPS) is 19.5. The van der Waals surface area contributed by atoms with E-state index in [1.807, 2.05) is 18.2 Å². The highest BCUT2D eigenvalue weighted by atomic mass is 16.5. The van der Waals surface area contributed by atoms with Crippen LogP contribution in [-0.4, -0.2) is 6.61 Å². The molecule has 2 nitrogen and oxygen atoms in total. The monoisotopic (exact) mass is 215 g/mol. The summed E-state index contributed by atoms with van der Waals surface area (Å²) in [7, 11) is 0. The molecule has 1 aromatic rings. The first-order chi connectivity index (χ1) is 7.52. The van der Waals surface area contributed by atoms with Crippen molar-refractivity contribution in [1.82, 2.24) is 0 Å². The van der Waals surface area contributed by atoms with Gasteiger partial charge in [0.25, 0.3) is 0 Å². The van der Waals surface area contributed by atoms with Crippen LogP contribution in [0.1, 0.15) is 38.7 Å². The van der Waals surface area contributed by atoms with Crippen LogP contribution in [0.3, 0.4) is 0 Å². The number of nitrogens with zero attached hydrogens (tertiary/aromatic N) is 1. The lowest BCUT2D eigenvalue weighted by atomic mass is 9.73. The fraction of sp³-hybridized carbons (Fsp3) is 0.500. The highest BCUT2D eigenvalue weighted by Crippen LogP contribution is 2.45. The summed E-state index contributed by atoms with van der Waals surface area (Å²) in [5.74, 6) is 1.44. The Morgan fingerprint density at radius 1 is 1.38 bits per heavy atom.